The second-order valence-electron chi connectivity index (χ2n) is 4.83. The Morgan fingerprint density at radius 1 is 1.42 bits per heavy atom. The zero-order valence-corrected chi connectivity index (χ0v) is 12.6. The van der Waals surface area contributed by atoms with E-state index < -0.39 is 32.4 Å². The van der Waals surface area contributed by atoms with Crippen molar-refractivity contribution >= 4 is 31.7 Å². The van der Waals surface area contributed by atoms with E-state index in [0.717, 1.165) is 10.7 Å². The summed E-state index contributed by atoms with van der Waals surface area (Å²) < 4.78 is 24.4. The Bertz CT molecular complexity index is 613. The van der Waals surface area contributed by atoms with Crippen LogP contribution in [-0.2, 0) is 14.6 Å². The molecule has 1 aromatic rings. The van der Waals surface area contributed by atoms with Crippen LogP contribution in [0.25, 0.3) is 0 Å². The largest absolute Gasteiger partial charge is 0.481 e. The molecule has 0 saturated heterocycles. The number of carboxylic acids is 1. The molecule has 104 valence electrons. The molecule has 1 fully saturated rings. The van der Waals surface area contributed by atoms with Crippen LogP contribution in [0, 0.1) is 5.41 Å². The summed E-state index contributed by atoms with van der Waals surface area (Å²) in [7, 11) is -3.47. The highest BCUT2D eigenvalue weighted by molar-refractivity contribution is 9.10. The molecule has 0 heterocycles. The number of rotatable bonds is 4. The fraction of sp³-hybridized carbons (Fsp3) is 0.417. The van der Waals surface area contributed by atoms with E-state index in [1.165, 1.54) is 0 Å². The van der Waals surface area contributed by atoms with Gasteiger partial charge in [-0.05, 0) is 17.7 Å². The van der Waals surface area contributed by atoms with Crippen LogP contribution in [0.1, 0.15) is 11.5 Å². The minimum Gasteiger partial charge on any atom is -0.481 e. The molecule has 3 atom stereocenters. The summed E-state index contributed by atoms with van der Waals surface area (Å²) in [6.07, 6.45) is 1.06. The van der Waals surface area contributed by atoms with Crippen molar-refractivity contribution in [2.24, 2.45) is 11.1 Å². The van der Waals surface area contributed by atoms with E-state index in [1.807, 2.05) is 0 Å². The molecule has 1 aliphatic carbocycles. The predicted octanol–water partition coefficient (Wildman–Crippen LogP) is 0.989. The molecule has 2 rings (SSSR count). The first kappa shape index (κ1) is 14.5. The first-order valence-corrected chi connectivity index (χ1v) is 8.37. The quantitative estimate of drug-likeness (QED) is 0.846. The highest BCUT2D eigenvalue weighted by Gasteiger charge is 2.74. The number of aliphatic carboxylic acids is 1. The van der Waals surface area contributed by atoms with Crippen molar-refractivity contribution in [3.63, 3.8) is 0 Å². The van der Waals surface area contributed by atoms with Crippen LogP contribution in [0.15, 0.2) is 28.7 Å². The molecule has 3 N–H and O–H groups in total. The van der Waals surface area contributed by atoms with Crippen molar-refractivity contribution in [3.05, 3.63) is 34.3 Å². The standard InChI is InChI=1S/C12H14BrNO4S/c1-19(17,18)10-9(12(10,6-14)11(15)16)7-2-4-8(13)5-3-7/h2-5,9-10H,6,14H2,1H3,(H,15,16)/t9-,10+,12-/m1/s1. The average Bonchev–Trinajstić information content (AvgIpc) is 3.00. The van der Waals surface area contributed by atoms with E-state index in [2.05, 4.69) is 15.9 Å². The van der Waals surface area contributed by atoms with Crippen LogP contribution in [0.2, 0.25) is 0 Å². The number of hydrogen-bond acceptors (Lipinski definition) is 4. The Hall–Kier alpha value is -0.920. The second-order valence-corrected chi connectivity index (χ2v) is 7.91. The minimum atomic E-state index is -3.47. The smallest absolute Gasteiger partial charge is 0.312 e. The molecule has 1 saturated carbocycles. The van der Waals surface area contributed by atoms with Gasteiger partial charge in [0.2, 0.25) is 0 Å². The molecule has 5 nitrogen and oxygen atoms in total. The number of carbonyl (C=O) groups is 1. The van der Waals surface area contributed by atoms with Crippen molar-refractivity contribution in [2.45, 2.75) is 11.2 Å². The van der Waals surface area contributed by atoms with Gasteiger partial charge in [0.1, 0.15) is 5.41 Å². The number of benzene rings is 1. The zero-order valence-electron chi connectivity index (χ0n) is 10.2. The van der Waals surface area contributed by atoms with E-state index in [-0.39, 0.29) is 6.54 Å². The Labute approximate surface area is 119 Å². The molecule has 19 heavy (non-hydrogen) atoms. The van der Waals surface area contributed by atoms with Gasteiger partial charge in [0.15, 0.2) is 9.84 Å². The van der Waals surface area contributed by atoms with Gasteiger partial charge in [0.05, 0.1) is 5.25 Å². The summed E-state index contributed by atoms with van der Waals surface area (Å²) in [5.74, 6) is -1.74. The zero-order chi connectivity index (χ0) is 14.4. The van der Waals surface area contributed by atoms with Crippen LogP contribution in [0.3, 0.4) is 0 Å². The van der Waals surface area contributed by atoms with Gasteiger partial charge in [0.25, 0.3) is 0 Å². The van der Waals surface area contributed by atoms with Crippen molar-refractivity contribution in [3.8, 4) is 0 Å². The van der Waals surface area contributed by atoms with Gasteiger partial charge >= 0.3 is 5.97 Å². The van der Waals surface area contributed by atoms with E-state index in [1.54, 1.807) is 24.3 Å². The number of halogens is 1. The average molecular weight is 348 g/mol. The number of nitrogens with two attached hydrogens (primary N) is 1. The molecule has 1 aliphatic rings. The number of hydrogen-bond donors (Lipinski definition) is 2. The molecule has 0 spiro atoms. The third-order valence-corrected chi connectivity index (χ3v) is 5.83. The Balaban J connectivity index is 2.50. The van der Waals surface area contributed by atoms with E-state index >= 15 is 0 Å². The molecular formula is C12H14BrNO4S. The fourth-order valence-electron chi connectivity index (χ4n) is 2.76. The lowest BCUT2D eigenvalue weighted by atomic mass is 9.99. The summed E-state index contributed by atoms with van der Waals surface area (Å²) >= 11 is 3.28. The summed E-state index contributed by atoms with van der Waals surface area (Å²) in [4.78, 5) is 11.5. The monoisotopic (exact) mass is 347 g/mol. The summed E-state index contributed by atoms with van der Waals surface area (Å²) in [5.41, 5.74) is 4.85. The van der Waals surface area contributed by atoms with Crippen LogP contribution >= 0.6 is 15.9 Å². The predicted molar refractivity (Wildman–Crippen MR) is 74.6 cm³/mol. The first-order valence-electron chi connectivity index (χ1n) is 5.63. The maximum absolute atomic E-state index is 11.8. The molecule has 0 amide bonds. The van der Waals surface area contributed by atoms with Gasteiger partial charge in [0, 0.05) is 23.2 Å². The summed E-state index contributed by atoms with van der Waals surface area (Å²) in [6.45, 7) is -0.194. The number of carboxylic acid groups (broad SMARTS) is 1. The molecule has 0 aliphatic heterocycles. The highest BCUT2D eigenvalue weighted by atomic mass is 79.9. The third-order valence-electron chi connectivity index (χ3n) is 3.68. The fourth-order valence-corrected chi connectivity index (χ4v) is 4.95. The maximum Gasteiger partial charge on any atom is 0.312 e. The normalized spacial score (nSPS) is 30.1. The van der Waals surface area contributed by atoms with Gasteiger partial charge in [-0.25, -0.2) is 8.42 Å². The molecule has 1 aromatic carbocycles. The van der Waals surface area contributed by atoms with Gasteiger partial charge in [-0.3, -0.25) is 4.79 Å². The highest BCUT2D eigenvalue weighted by Crippen LogP contribution is 2.62. The lowest BCUT2D eigenvalue weighted by Crippen LogP contribution is -2.31. The van der Waals surface area contributed by atoms with E-state index in [9.17, 15) is 18.3 Å². The molecule has 0 radical (unpaired) electrons. The van der Waals surface area contributed by atoms with Gasteiger partial charge in [-0.1, -0.05) is 28.1 Å². The molecule has 7 heteroatoms. The van der Waals surface area contributed by atoms with Crippen LogP contribution in [0.4, 0.5) is 0 Å². The Kier molecular flexibility index (Phi) is 3.49. The SMILES string of the molecule is CS(=O)(=O)[C@H]1[C@@H](c2ccc(Br)cc2)[C@@]1(CN)C(=O)O. The maximum atomic E-state index is 11.8. The molecule has 0 unspecified atom stereocenters. The topological polar surface area (TPSA) is 97.5 Å². The molecule has 0 bridgehead atoms. The third kappa shape index (κ3) is 2.19. The summed E-state index contributed by atoms with van der Waals surface area (Å²) in [6, 6.07) is 6.98. The molecular weight excluding hydrogens is 334 g/mol. The first-order chi connectivity index (χ1) is 8.75. The summed E-state index contributed by atoms with van der Waals surface area (Å²) in [5, 5.41) is 8.42. The minimum absolute atomic E-state index is 0.194. The van der Waals surface area contributed by atoms with E-state index in [0.29, 0.717) is 5.56 Å². The molecule has 0 aromatic heterocycles. The van der Waals surface area contributed by atoms with Crippen molar-refractivity contribution in [1.29, 1.82) is 0 Å². The van der Waals surface area contributed by atoms with E-state index in [4.69, 9.17) is 5.73 Å². The number of sulfone groups is 1. The Morgan fingerprint density at radius 2 is 1.95 bits per heavy atom. The lowest BCUT2D eigenvalue weighted by molar-refractivity contribution is -0.143. The Morgan fingerprint density at radius 3 is 2.26 bits per heavy atom. The second kappa shape index (κ2) is 4.57. The van der Waals surface area contributed by atoms with Crippen LogP contribution in [-0.4, -0.2) is 37.5 Å². The van der Waals surface area contributed by atoms with Crippen molar-refractivity contribution in [1.82, 2.24) is 0 Å². The van der Waals surface area contributed by atoms with Crippen molar-refractivity contribution < 1.29 is 18.3 Å². The van der Waals surface area contributed by atoms with Gasteiger partial charge in [-0.2, -0.15) is 0 Å². The van der Waals surface area contributed by atoms with Crippen LogP contribution in [0.5, 0.6) is 0 Å². The lowest BCUT2D eigenvalue weighted by Gasteiger charge is -2.09. The van der Waals surface area contributed by atoms with Gasteiger partial charge < -0.3 is 10.8 Å². The van der Waals surface area contributed by atoms with Crippen LogP contribution < -0.4 is 5.73 Å². The van der Waals surface area contributed by atoms with Gasteiger partial charge in [-0.15, -0.1) is 0 Å². The van der Waals surface area contributed by atoms with Crippen molar-refractivity contribution in [2.75, 3.05) is 12.8 Å².